The Bertz CT molecular complexity index is 435. The Kier molecular flexibility index (Phi) is 5.68. The summed E-state index contributed by atoms with van der Waals surface area (Å²) in [5, 5.41) is 9.73. The molecule has 3 heteroatoms. The number of hydrogen-bond acceptors (Lipinski definition) is 2. The van der Waals surface area contributed by atoms with Gasteiger partial charge in [-0.2, -0.15) is 5.26 Å². The van der Waals surface area contributed by atoms with Crippen molar-refractivity contribution in [3.8, 4) is 11.8 Å². The summed E-state index contributed by atoms with van der Waals surface area (Å²) in [5.74, 6) is 0.937. The molecule has 0 radical (unpaired) electrons. The fourth-order valence-electron chi connectivity index (χ4n) is 1.71. The highest BCUT2D eigenvalue weighted by atomic mass is 79.9. The van der Waals surface area contributed by atoms with Gasteiger partial charge < -0.3 is 4.74 Å². The summed E-state index contributed by atoms with van der Waals surface area (Å²) in [7, 11) is 0. The standard InChI is InChI=1S/C15H20BrNO/c1-12-5-6-14(13(9-12)10-16)18-8-4-7-15(2,3)11-17/h5-6,9H,4,7-8,10H2,1-3H3. The van der Waals surface area contributed by atoms with E-state index in [-0.39, 0.29) is 5.41 Å². The van der Waals surface area contributed by atoms with Crippen LogP contribution in [0.2, 0.25) is 0 Å². The van der Waals surface area contributed by atoms with Gasteiger partial charge in [-0.3, -0.25) is 0 Å². The Hall–Kier alpha value is -1.01. The number of nitrogens with zero attached hydrogens (tertiary/aromatic N) is 1. The van der Waals surface area contributed by atoms with E-state index >= 15 is 0 Å². The highest BCUT2D eigenvalue weighted by Gasteiger charge is 2.15. The number of ether oxygens (including phenoxy) is 1. The summed E-state index contributed by atoms with van der Waals surface area (Å²) >= 11 is 3.47. The van der Waals surface area contributed by atoms with Gasteiger partial charge in [-0.15, -0.1) is 0 Å². The lowest BCUT2D eigenvalue weighted by Crippen LogP contribution is -2.10. The van der Waals surface area contributed by atoms with Gasteiger partial charge in [-0.05, 0) is 39.7 Å². The molecule has 0 saturated carbocycles. The number of halogens is 1. The van der Waals surface area contributed by atoms with Crippen molar-refractivity contribution >= 4 is 15.9 Å². The van der Waals surface area contributed by atoms with Crippen LogP contribution in [0.4, 0.5) is 0 Å². The number of aryl methyl sites for hydroxylation is 1. The zero-order valence-electron chi connectivity index (χ0n) is 11.3. The van der Waals surface area contributed by atoms with Gasteiger partial charge in [0.15, 0.2) is 0 Å². The van der Waals surface area contributed by atoms with Crippen LogP contribution in [0.1, 0.15) is 37.8 Å². The zero-order chi connectivity index (χ0) is 13.6. The molecule has 0 aliphatic heterocycles. The van der Waals surface area contributed by atoms with Crippen LogP contribution in [0.3, 0.4) is 0 Å². The SMILES string of the molecule is Cc1ccc(OCCCC(C)(C)C#N)c(CBr)c1. The van der Waals surface area contributed by atoms with E-state index in [1.54, 1.807) is 0 Å². The number of rotatable bonds is 6. The zero-order valence-corrected chi connectivity index (χ0v) is 12.9. The maximum atomic E-state index is 8.93. The third-order valence-corrected chi connectivity index (χ3v) is 3.47. The molecular weight excluding hydrogens is 290 g/mol. The average molecular weight is 310 g/mol. The molecule has 0 aliphatic rings. The van der Waals surface area contributed by atoms with Gasteiger partial charge >= 0.3 is 0 Å². The Morgan fingerprint density at radius 2 is 2.11 bits per heavy atom. The van der Waals surface area contributed by atoms with Crippen molar-refractivity contribution in [1.82, 2.24) is 0 Å². The first-order valence-electron chi connectivity index (χ1n) is 6.18. The molecule has 1 rings (SSSR count). The molecule has 1 aromatic rings. The molecule has 2 nitrogen and oxygen atoms in total. The molecule has 0 atom stereocenters. The predicted octanol–water partition coefficient (Wildman–Crippen LogP) is 4.60. The molecule has 0 unspecified atom stereocenters. The molecular formula is C15H20BrNO. The van der Waals surface area contributed by atoms with Crippen LogP contribution in [0.15, 0.2) is 18.2 Å². The molecule has 0 N–H and O–H groups in total. The average Bonchev–Trinajstić information content (AvgIpc) is 2.36. The number of nitriles is 1. The fourth-order valence-corrected chi connectivity index (χ4v) is 2.14. The molecule has 0 amide bonds. The largest absolute Gasteiger partial charge is 0.493 e. The fraction of sp³-hybridized carbons (Fsp3) is 0.533. The highest BCUT2D eigenvalue weighted by molar-refractivity contribution is 9.08. The van der Waals surface area contributed by atoms with E-state index in [9.17, 15) is 0 Å². The molecule has 0 spiro atoms. The van der Waals surface area contributed by atoms with Crippen molar-refractivity contribution in [3.63, 3.8) is 0 Å². The number of alkyl halides is 1. The molecule has 0 saturated heterocycles. The number of benzene rings is 1. The summed E-state index contributed by atoms with van der Waals surface area (Å²) in [5.41, 5.74) is 2.16. The summed E-state index contributed by atoms with van der Waals surface area (Å²) in [6, 6.07) is 8.51. The van der Waals surface area contributed by atoms with Crippen LogP contribution < -0.4 is 4.74 Å². The molecule has 0 heterocycles. The first-order chi connectivity index (χ1) is 8.48. The van der Waals surface area contributed by atoms with E-state index in [2.05, 4.69) is 41.1 Å². The summed E-state index contributed by atoms with van der Waals surface area (Å²) < 4.78 is 5.78. The molecule has 18 heavy (non-hydrogen) atoms. The Labute approximate surface area is 118 Å². The lowest BCUT2D eigenvalue weighted by atomic mass is 9.90. The third kappa shape index (κ3) is 4.70. The lowest BCUT2D eigenvalue weighted by Gasteiger charge is -2.15. The molecule has 1 aromatic carbocycles. The van der Waals surface area contributed by atoms with Crippen molar-refractivity contribution in [3.05, 3.63) is 29.3 Å². The summed E-state index contributed by atoms with van der Waals surface area (Å²) in [6.07, 6.45) is 1.76. The van der Waals surface area contributed by atoms with Gasteiger partial charge in [0.1, 0.15) is 5.75 Å². The quantitative estimate of drug-likeness (QED) is 0.568. The topological polar surface area (TPSA) is 33.0 Å². The summed E-state index contributed by atoms with van der Waals surface area (Å²) in [6.45, 7) is 6.66. The predicted molar refractivity (Wildman–Crippen MR) is 77.9 cm³/mol. The van der Waals surface area contributed by atoms with E-state index in [1.165, 1.54) is 11.1 Å². The van der Waals surface area contributed by atoms with Crippen molar-refractivity contribution in [2.24, 2.45) is 5.41 Å². The van der Waals surface area contributed by atoms with Crippen LogP contribution in [-0.4, -0.2) is 6.61 Å². The molecule has 0 fully saturated rings. The molecule has 0 bridgehead atoms. The second-order valence-corrected chi connectivity index (χ2v) is 5.75. The summed E-state index contributed by atoms with van der Waals surface area (Å²) in [4.78, 5) is 0. The van der Waals surface area contributed by atoms with E-state index in [4.69, 9.17) is 10.00 Å². The van der Waals surface area contributed by atoms with Crippen LogP contribution in [0.25, 0.3) is 0 Å². The normalized spacial score (nSPS) is 11.1. The Balaban J connectivity index is 2.47. The minimum Gasteiger partial charge on any atom is -0.493 e. The van der Waals surface area contributed by atoms with Gasteiger partial charge in [0.25, 0.3) is 0 Å². The van der Waals surface area contributed by atoms with E-state index < -0.39 is 0 Å². The first-order valence-corrected chi connectivity index (χ1v) is 7.30. The van der Waals surface area contributed by atoms with Gasteiger partial charge in [-0.25, -0.2) is 0 Å². The van der Waals surface area contributed by atoms with Gasteiger partial charge in [-0.1, -0.05) is 33.6 Å². The molecule has 0 aromatic heterocycles. The minimum atomic E-state index is -0.255. The van der Waals surface area contributed by atoms with Crippen molar-refractivity contribution in [2.45, 2.75) is 38.9 Å². The van der Waals surface area contributed by atoms with Gasteiger partial charge in [0, 0.05) is 10.9 Å². The van der Waals surface area contributed by atoms with Gasteiger partial charge in [0.2, 0.25) is 0 Å². The highest BCUT2D eigenvalue weighted by Crippen LogP contribution is 2.24. The van der Waals surface area contributed by atoms with Crippen LogP contribution in [0.5, 0.6) is 5.75 Å². The van der Waals surface area contributed by atoms with E-state index in [0.717, 1.165) is 23.9 Å². The van der Waals surface area contributed by atoms with Crippen LogP contribution >= 0.6 is 15.9 Å². The maximum Gasteiger partial charge on any atom is 0.123 e. The Morgan fingerprint density at radius 1 is 1.39 bits per heavy atom. The molecule has 98 valence electrons. The minimum absolute atomic E-state index is 0.255. The number of hydrogen-bond donors (Lipinski definition) is 0. The van der Waals surface area contributed by atoms with Crippen molar-refractivity contribution < 1.29 is 4.74 Å². The Morgan fingerprint density at radius 3 is 2.72 bits per heavy atom. The second kappa shape index (κ2) is 6.80. The first kappa shape index (κ1) is 15.0. The second-order valence-electron chi connectivity index (χ2n) is 5.19. The van der Waals surface area contributed by atoms with E-state index in [1.807, 2.05) is 19.9 Å². The smallest absolute Gasteiger partial charge is 0.123 e. The van der Waals surface area contributed by atoms with Crippen LogP contribution in [-0.2, 0) is 5.33 Å². The van der Waals surface area contributed by atoms with E-state index in [0.29, 0.717) is 6.61 Å². The molecule has 0 aliphatic carbocycles. The maximum absolute atomic E-state index is 8.93. The van der Waals surface area contributed by atoms with Crippen molar-refractivity contribution in [1.29, 1.82) is 5.26 Å². The monoisotopic (exact) mass is 309 g/mol. The van der Waals surface area contributed by atoms with Crippen LogP contribution in [0, 0.1) is 23.7 Å². The lowest BCUT2D eigenvalue weighted by molar-refractivity contribution is 0.282. The van der Waals surface area contributed by atoms with Gasteiger partial charge in [0.05, 0.1) is 18.1 Å². The third-order valence-electron chi connectivity index (χ3n) is 2.87. The van der Waals surface area contributed by atoms with Crippen molar-refractivity contribution in [2.75, 3.05) is 6.61 Å².